The molecule has 1 N–H and O–H groups in total. The zero-order valence-corrected chi connectivity index (χ0v) is 14.7. The minimum absolute atomic E-state index is 0.235. The van der Waals surface area contributed by atoms with E-state index in [1.54, 1.807) is 4.90 Å². The standard InChI is InChI=1S/C17H34N2O2/c1-7-14-9-8-10-15(14)18-11-13(2)12-19(6)16(20)21-17(3,4)5/h13-15,18H,7-12H2,1-6H3. The summed E-state index contributed by atoms with van der Waals surface area (Å²) in [6.45, 7) is 11.9. The molecule has 1 fully saturated rings. The maximum atomic E-state index is 11.9. The van der Waals surface area contributed by atoms with Gasteiger partial charge in [0.25, 0.3) is 0 Å². The second-order valence-electron chi connectivity index (χ2n) is 7.58. The molecule has 0 aromatic heterocycles. The van der Waals surface area contributed by atoms with E-state index >= 15 is 0 Å². The van der Waals surface area contributed by atoms with Gasteiger partial charge in [0.15, 0.2) is 0 Å². The highest BCUT2D eigenvalue weighted by Gasteiger charge is 2.26. The number of nitrogens with zero attached hydrogens (tertiary/aromatic N) is 1. The third kappa shape index (κ3) is 6.68. The normalized spacial score (nSPS) is 23.9. The molecule has 124 valence electrons. The molecule has 1 rings (SSSR count). The van der Waals surface area contributed by atoms with Gasteiger partial charge in [0.05, 0.1) is 0 Å². The predicted octanol–water partition coefficient (Wildman–Crippen LogP) is 3.66. The van der Waals surface area contributed by atoms with Crippen LogP contribution in [0.1, 0.15) is 60.3 Å². The highest BCUT2D eigenvalue weighted by molar-refractivity contribution is 5.67. The Labute approximate surface area is 130 Å². The van der Waals surface area contributed by atoms with E-state index in [0.29, 0.717) is 12.0 Å². The summed E-state index contributed by atoms with van der Waals surface area (Å²) in [5.74, 6) is 1.27. The van der Waals surface area contributed by atoms with E-state index in [9.17, 15) is 4.79 Å². The fourth-order valence-corrected chi connectivity index (χ4v) is 3.09. The highest BCUT2D eigenvalue weighted by Crippen LogP contribution is 2.28. The summed E-state index contributed by atoms with van der Waals surface area (Å²) in [6, 6.07) is 0.671. The quantitative estimate of drug-likeness (QED) is 0.813. The van der Waals surface area contributed by atoms with Gasteiger partial charge in [-0.15, -0.1) is 0 Å². The van der Waals surface area contributed by atoms with E-state index in [1.165, 1.54) is 25.7 Å². The number of carbonyl (C=O) groups is 1. The highest BCUT2D eigenvalue weighted by atomic mass is 16.6. The van der Waals surface area contributed by atoms with Crippen molar-refractivity contribution in [2.45, 2.75) is 71.9 Å². The van der Waals surface area contributed by atoms with Crippen molar-refractivity contribution in [3.8, 4) is 0 Å². The number of ether oxygens (including phenoxy) is 1. The largest absolute Gasteiger partial charge is 0.444 e. The fraction of sp³-hybridized carbons (Fsp3) is 0.941. The van der Waals surface area contributed by atoms with Crippen LogP contribution in [0.2, 0.25) is 0 Å². The van der Waals surface area contributed by atoms with E-state index in [4.69, 9.17) is 4.74 Å². The van der Waals surface area contributed by atoms with Crippen molar-refractivity contribution in [1.82, 2.24) is 10.2 Å². The van der Waals surface area contributed by atoms with E-state index in [2.05, 4.69) is 19.2 Å². The Morgan fingerprint density at radius 3 is 2.62 bits per heavy atom. The van der Waals surface area contributed by atoms with Gasteiger partial charge >= 0.3 is 6.09 Å². The second kappa shape index (κ2) is 8.02. The Morgan fingerprint density at radius 1 is 1.38 bits per heavy atom. The van der Waals surface area contributed by atoms with E-state index in [0.717, 1.165) is 19.0 Å². The lowest BCUT2D eigenvalue weighted by Gasteiger charge is -2.27. The number of amides is 1. The first kappa shape index (κ1) is 18.3. The van der Waals surface area contributed by atoms with Crippen LogP contribution < -0.4 is 5.32 Å². The van der Waals surface area contributed by atoms with Crippen LogP contribution in [0.5, 0.6) is 0 Å². The Morgan fingerprint density at radius 2 is 2.05 bits per heavy atom. The van der Waals surface area contributed by atoms with Crippen LogP contribution >= 0.6 is 0 Å². The lowest BCUT2D eigenvalue weighted by molar-refractivity contribution is 0.0276. The van der Waals surface area contributed by atoms with Gasteiger partial charge in [0, 0.05) is 19.6 Å². The Hall–Kier alpha value is -0.770. The molecule has 3 unspecified atom stereocenters. The molecule has 4 heteroatoms. The van der Waals surface area contributed by atoms with Crippen molar-refractivity contribution < 1.29 is 9.53 Å². The molecule has 1 saturated carbocycles. The molecular weight excluding hydrogens is 264 g/mol. The third-order valence-corrected chi connectivity index (χ3v) is 4.20. The molecule has 21 heavy (non-hydrogen) atoms. The smallest absolute Gasteiger partial charge is 0.410 e. The van der Waals surface area contributed by atoms with Gasteiger partial charge in [-0.1, -0.05) is 26.7 Å². The number of hydrogen-bond acceptors (Lipinski definition) is 3. The van der Waals surface area contributed by atoms with Crippen LogP contribution in [-0.4, -0.2) is 42.8 Å². The van der Waals surface area contributed by atoms with Gasteiger partial charge in [0.2, 0.25) is 0 Å². The second-order valence-corrected chi connectivity index (χ2v) is 7.58. The predicted molar refractivity (Wildman–Crippen MR) is 87.5 cm³/mol. The Bertz CT molecular complexity index is 325. The van der Waals surface area contributed by atoms with Crippen LogP contribution in [0.25, 0.3) is 0 Å². The average molecular weight is 298 g/mol. The minimum Gasteiger partial charge on any atom is -0.444 e. The van der Waals surface area contributed by atoms with E-state index < -0.39 is 5.60 Å². The molecule has 4 nitrogen and oxygen atoms in total. The van der Waals surface area contributed by atoms with Crippen molar-refractivity contribution in [3.05, 3.63) is 0 Å². The molecule has 0 aromatic carbocycles. The summed E-state index contributed by atoms with van der Waals surface area (Å²) in [4.78, 5) is 13.6. The molecule has 1 aliphatic carbocycles. The summed E-state index contributed by atoms with van der Waals surface area (Å²) in [5, 5.41) is 3.70. The first-order valence-electron chi connectivity index (χ1n) is 8.40. The van der Waals surface area contributed by atoms with Crippen LogP contribution in [0.3, 0.4) is 0 Å². The monoisotopic (exact) mass is 298 g/mol. The summed E-state index contributed by atoms with van der Waals surface area (Å²) in [7, 11) is 1.81. The van der Waals surface area contributed by atoms with Crippen LogP contribution in [0.4, 0.5) is 4.79 Å². The lowest BCUT2D eigenvalue weighted by atomic mass is 10.00. The molecule has 1 amide bonds. The van der Waals surface area contributed by atoms with Gasteiger partial charge in [-0.2, -0.15) is 0 Å². The first-order chi connectivity index (χ1) is 9.73. The van der Waals surface area contributed by atoms with Crippen LogP contribution in [-0.2, 0) is 4.74 Å². The lowest BCUT2D eigenvalue weighted by Crippen LogP contribution is -2.41. The van der Waals surface area contributed by atoms with Crippen molar-refractivity contribution in [1.29, 1.82) is 0 Å². The van der Waals surface area contributed by atoms with Gasteiger partial charge in [0.1, 0.15) is 5.60 Å². The zero-order chi connectivity index (χ0) is 16.0. The third-order valence-electron chi connectivity index (χ3n) is 4.20. The minimum atomic E-state index is -0.426. The Balaban J connectivity index is 2.29. The van der Waals surface area contributed by atoms with Crippen LogP contribution in [0, 0.1) is 11.8 Å². The van der Waals surface area contributed by atoms with Gasteiger partial charge < -0.3 is 15.0 Å². The first-order valence-corrected chi connectivity index (χ1v) is 8.40. The van der Waals surface area contributed by atoms with Gasteiger partial charge in [-0.05, 0) is 52.0 Å². The molecule has 0 radical (unpaired) electrons. The molecule has 1 aliphatic rings. The number of nitrogens with one attached hydrogen (secondary N) is 1. The van der Waals surface area contributed by atoms with E-state index in [-0.39, 0.29) is 6.09 Å². The van der Waals surface area contributed by atoms with Gasteiger partial charge in [-0.3, -0.25) is 0 Å². The molecule has 0 saturated heterocycles. The number of rotatable bonds is 6. The van der Waals surface area contributed by atoms with Crippen LogP contribution in [0.15, 0.2) is 0 Å². The molecule has 0 heterocycles. The maximum absolute atomic E-state index is 11.9. The number of carbonyl (C=O) groups excluding carboxylic acids is 1. The van der Waals surface area contributed by atoms with Crippen molar-refractivity contribution >= 4 is 6.09 Å². The fourth-order valence-electron chi connectivity index (χ4n) is 3.09. The molecule has 0 aromatic rings. The molecule has 0 aliphatic heterocycles. The van der Waals surface area contributed by atoms with E-state index in [1.807, 2.05) is 27.8 Å². The number of hydrogen-bond donors (Lipinski definition) is 1. The summed E-state index contributed by atoms with van der Waals surface area (Å²) >= 11 is 0. The maximum Gasteiger partial charge on any atom is 0.410 e. The SMILES string of the molecule is CCC1CCCC1NCC(C)CN(C)C(=O)OC(C)(C)C. The molecule has 0 bridgehead atoms. The van der Waals surface area contributed by atoms with Gasteiger partial charge in [-0.25, -0.2) is 4.79 Å². The molecule has 3 atom stereocenters. The van der Waals surface area contributed by atoms with Crippen molar-refractivity contribution in [3.63, 3.8) is 0 Å². The summed E-state index contributed by atoms with van der Waals surface area (Å²) < 4.78 is 5.38. The van der Waals surface area contributed by atoms with Crippen molar-refractivity contribution in [2.24, 2.45) is 11.8 Å². The Kier molecular flexibility index (Phi) is 6.98. The molecule has 0 spiro atoms. The molecular formula is C17H34N2O2. The topological polar surface area (TPSA) is 41.6 Å². The average Bonchev–Trinajstić information content (AvgIpc) is 2.81. The summed E-state index contributed by atoms with van der Waals surface area (Å²) in [5.41, 5.74) is -0.426. The zero-order valence-electron chi connectivity index (χ0n) is 14.7. The summed E-state index contributed by atoms with van der Waals surface area (Å²) in [6.07, 6.45) is 5.04. The van der Waals surface area contributed by atoms with Crippen molar-refractivity contribution in [2.75, 3.05) is 20.1 Å².